The summed E-state index contributed by atoms with van der Waals surface area (Å²) in [6, 6.07) is 4.13. The topological polar surface area (TPSA) is 46.1 Å². The highest BCUT2D eigenvalue weighted by molar-refractivity contribution is 14.0. The van der Waals surface area contributed by atoms with Gasteiger partial charge in [-0.05, 0) is 58.1 Å². The zero-order valence-electron chi connectivity index (χ0n) is 18.0. The normalized spacial score (nSPS) is 21.3. The summed E-state index contributed by atoms with van der Waals surface area (Å²) in [6.45, 7) is 7.73. The predicted octanol–water partition coefficient (Wildman–Crippen LogP) is 2.35. The van der Waals surface area contributed by atoms with Crippen molar-refractivity contribution < 1.29 is 8.78 Å². The smallest absolute Gasteiger partial charge is 0.191 e. The molecule has 0 radical (unpaired) electrons. The van der Waals surface area contributed by atoms with Gasteiger partial charge in [-0.15, -0.1) is 24.0 Å². The van der Waals surface area contributed by atoms with Gasteiger partial charge < -0.3 is 25.3 Å². The Balaban J connectivity index is 0.00000320. The number of benzene rings is 1. The molecule has 9 heteroatoms. The zero-order chi connectivity index (χ0) is 20.6. The van der Waals surface area contributed by atoms with Crippen molar-refractivity contribution in [2.45, 2.75) is 25.3 Å². The molecule has 3 rings (SSSR count). The number of rotatable bonds is 6. The lowest BCUT2D eigenvalue weighted by molar-refractivity contribution is 0.274. The van der Waals surface area contributed by atoms with E-state index in [-0.39, 0.29) is 35.7 Å². The maximum atomic E-state index is 14.0. The largest absolute Gasteiger partial charge is 0.365 e. The van der Waals surface area contributed by atoms with Gasteiger partial charge in [-0.25, -0.2) is 8.78 Å². The van der Waals surface area contributed by atoms with Crippen molar-refractivity contribution in [2.75, 3.05) is 71.4 Å². The van der Waals surface area contributed by atoms with E-state index in [1.54, 1.807) is 11.9 Å². The Labute approximate surface area is 196 Å². The number of aliphatic imine (C=N–C) groups is 1. The Morgan fingerprint density at radius 3 is 2.63 bits per heavy atom. The molecule has 2 N–H and O–H groups in total. The van der Waals surface area contributed by atoms with Crippen LogP contribution in [-0.4, -0.2) is 88.3 Å². The summed E-state index contributed by atoms with van der Waals surface area (Å²) in [5, 5.41) is 6.76. The second kappa shape index (κ2) is 12.6. The van der Waals surface area contributed by atoms with Crippen molar-refractivity contribution in [3.8, 4) is 0 Å². The van der Waals surface area contributed by atoms with Crippen molar-refractivity contribution in [3.63, 3.8) is 0 Å². The highest BCUT2D eigenvalue weighted by atomic mass is 127. The van der Waals surface area contributed by atoms with Gasteiger partial charge in [0.05, 0.1) is 0 Å². The Morgan fingerprint density at radius 2 is 1.90 bits per heavy atom. The predicted molar refractivity (Wildman–Crippen MR) is 130 cm³/mol. The molecular formula is C21H35F2IN6. The Hall–Kier alpha value is -1.20. The van der Waals surface area contributed by atoms with Gasteiger partial charge in [-0.3, -0.25) is 4.99 Å². The van der Waals surface area contributed by atoms with E-state index in [4.69, 9.17) is 0 Å². The molecule has 0 spiro atoms. The third-order valence-corrected chi connectivity index (χ3v) is 5.76. The Bertz CT molecular complexity index is 669. The molecule has 2 aliphatic heterocycles. The molecule has 0 amide bonds. The van der Waals surface area contributed by atoms with Crippen LogP contribution in [0.5, 0.6) is 0 Å². The third-order valence-electron chi connectivity index (χ3n) is 5.76. The molecule has 0 aromatic heterocycles. The van der Waals surface area contributed by atoms with Crippen molar-refractivity contribution in [3.05, 3.63) is 29.8 Å². The quantitative estimate of drug-likeness (QED) is 0.253. The SMILES string of the molecule is CN=C(NCCCN1CCCN(C)CC1)NC1CCN(c2c(F)cccc2F)C1.I. The number of halogens is 3. The number of nitrogens with zero attached hydrogens (tertiary/aromatic N) is 4. The van der Waals surface area contributed by atoms with E-state index < -0.39 is 11.6 Å². The second-order valence-electron chi connectivity index (χ2n) is 8.00. The van der Waals surface area contributed by atoms with Gasteiger partial charge in [0.15, 0.2) is 5.96 Å². The van der Waals surface area contributed by atoms with Gasteiger partial charge in [0.1, 0.15) is 17.3 Å². The van der Waals surface area contributed by atoms with Crippen LogP contribution in [0, 0.1) is 11.6 Å². The van der Waals surface area contributed by atoms with Gasteiger partial charge in [-0.2, -0.15) is 0 Å². The molecule has 1 unspecified atom stereocenters. The molecule has 30 heavy (non-hydrogen) atoms. The first-order valence-corrected chi connectivity index (χ1v) is 10.6. The highest BCUT2D eigenvalue weighted by Gasteiger charge is 2.27. The standard InChI is InChI=1S/C21H34F2N6.HI/c1-24-21(25-9-4-11-28-12-5-10-27(2)14-15-28)26-17-8-13-29(16-17)20-18(22)6-3-7-19(20)23;/h3,6-7,17H,4-5,8-16H2,1-2H3,(H2,24,25,26);1H. The first-order valence-electron chi connectivity index (χ1n) is 10.6. The van der Waals surface area contributed by atoms with Crippen LogP contribution in [0.3, 0.4) is 0 Å². The minimum atomic E-state index is -0.507. The molecule has 0 bridgehead atoms. The Morgan fingerprint density at radius 1 is 1.13 bits per heavy atom. The van der Waals surface area contributed by atoms with Crippen LogP contribution >= 0.6 is 24.0 Å². The zero-order valence-corrected chi connectivity index (χ0v) is 20.4. The summed E-state index contributed by atoms with van der Waals surface area (Å²) in [7, 11) is 3.94. The summed E-state index contributed by atoms with van der Waals surface area (Å²) < 4.78 is 28.0. The van der Waals surface area contributed by atoms with Gasteiger partial charge in [0, 0.05) is 45.8 Å². The molecule has 6 nitrogen and oxygen atoms in total. The molecule has 0 aliphatic carbocycles. The third kappa shape index (κ3) is 7.19. The van der Waals surface area contributed by atoms with E-state index in [1.807, 2.05) is 0 Å². The summed E-state index contributed by atoms with van der Waals surface area (Å²) in [6.07, 6.45) is 3.10. The van der Waals surface area contributed by atoms with Crippen LogP contribution in [0.1, 0.15) is 19.3 Å². The lowest BCUT2D eigenvalue weighted by Gasteiger charge is -2.22. The Kier molecular flexibility index (Phi) is 10.5. The summed E-state index contributed by atoms with van der Waals surface area (Å²) in [4.78, 5) is 11.0. The molecule has 0 saturated carbocycles. The van der Waals surface area contributed by atoms with Crippen LogP contribution in [0.2, 0.25) is 0 Å². The molecule has 1 atom stereocenters. The van der Waals surface area contributed by atoms with Crippen LogP contribution in [0.4, 0.5) is 14.5 Å². The first kappa shape index (κ1) is 25.1. The maximum absolute atomic E-state index is 14.0. The summed E-state index contributed by atoms with van der Waals surface area (Å²) in [5.41, 5.74) is 0.0721. The number of hydrogen-bond acceptors (Lipinski definition) is 4. The minimum Gasteiger partial charge on any atom is -0.365 e. The lowest BCUT2D eigenvalue weighted by Crippen LogP contribution is -2.45. The van der Waals surface area contributed by atoms with E-state index in [0.717, 1.165) is 45.0 Å². The van der Waals surface area contributed by atoms with Crippen LogP contribution < -0.4 is 15.5 Å². The molecule has 2 aliphatic rings. The number of nitrogens with one attached hydrogen (secondary N) is 2. The number of anilines is 1. The van der Waals surface area contributed by atoms with E-state index in [9.17, 15) is 8.78 Å². The summed E-state index contributed by atoms with van der Waals surface area (Å²) in [5.74, 6) is -0.262. The average molecular weight is 536 g/mol. The van der Waals surface area contributed by atoms with E-state index in [0.29, 0.717) is 13.1 Å². The molecule has 1 aromatic carbocycles. The fourth-order valence-corrected chi connectivity index (χ4v) is 4.09. The van der Waals surface area contributed by atoms with Crippen LogP contribution in [0.15, 0.2) is 23.2 Å². The van der Waals surface area contributed by atoms with E-state index in [2.05, 4.69) is 32.5 Å². The monoisotopic (exact) mass is 536 g/mol. The molecule has 1 aromatic rings. The molecule has 2 saturated heterocycles. The molecular weight excluding hydrogens is 501 g/mol. The molecule has 170 valence electrons. The van der Waals surface area contributed by atoms with Gasteiger partial charge in [-0.1, -0.05) is 6.07 Å². The van der Waals surface area contributed by atoms with Gasteiger partial charge in [0.2, 0.25) is 0 Å². The highest BCUT2D eigenvalue weighted by Crippen LogP contribution is 2.26. The lowest BCUT2D eigenvalue weighted by atomic mass is 10.2. The minimum absolute atomic E-state index is 0. The van der Waals surface area contributed by atoms with Crippen molar-refractivity contribution in [1.29, 1.82) is 0 Å². The number of para-hydroxylation sites is 1. The second-order valence-corrected chi connectivity index (χ2v) is 8.00. The van der Waals surface area contributed by atoms with E-state index >= 15 is 0 Å². The average Bonchev–Trinajstić information content (AvgIpc) is 3.05. The van der Waals surface area contributed by atoms with Gasteiger partial charge >= 0.3 is 0 Å². The number of hydrogen-bond donors (Lipinski definition) is 2. The van der Waals surface area contributed by atoms with Crippen molar-refractivity contribution in [2.24, 2.45) is 4.99 Å². The van der Waals surface area contributed by atoms with Crippen LogP contribution in [-0.2, 0) is 0 Å². The summed E-state index contributed by atoms with van der Waals surface area (Å²) >= 11 is 0. The fraction of sp³-hybridized carbons (Fsp3) is 0.667. The molecule has 2 heterocycles. The fourth-order valence-electron chi connectivity index (χ4n) is 4.09. The van der Waals surface area contributed by atoms with Gasteiger partial charge in [0.25, 0.3) is 0 Å². The van der Waals surface area contributed by atoms with Crippen molar-refractivity contribution in [1.82, 2.24) is 20.4 Å². The number of likely N-dealkylation sites (N-methyl/N-ethyl adjacent to an activating group) is 1. The maximum Gasteiger partial charge on any atom is 0.191 e. The van der Waals surface area contributed by atoms with Crippen LogP contribution in [0.25, 0.3) is 0 Å². The number of guanidine groups is 1. The first-order chi connectivity index (χ1) is 14.1. The molecule has 2 fully saturated rings. The van der Waals surface area contributed by atoms with Crippen molar-refractivity contribution >= 4 is 35.6 Å². The van der Waals surface area contributed by atoms with E-state index in [1.165, 1.54) is 37.7 Å².